The molecule has 4 rings (SSSR count). The molecular formula is C18H14FN3O4. The highest BCUT2D eigenvalue weighted by Crippen LogP contribution is 2.32. The topological polar surface area (TPSA) is 86.5 Å². The van der Waals surface area contributed by atoms with Crippen LogP contribution in [0.5, 0.6) is 11.5 Å². The van der Waals surface area contributed by atoms with Crippen LogP contribution in [0.3, 0.4) is 0 Å². The fourth-order valence-corrected chi connectivity index (χ4v) is 2.50. The maximum absolute atomic E-state index is 12.9. The average Bonchev–Trinajstić information content (AvgIpc) is 3.31. The first kappa shape index (κ1) is 16.1. The summed E-state index contributed by atoms with van der Waals surface area (Å²) in [5.74, 6) is 1.38. The summed E-state index contributed by atoms with van der Waals surface area (Å²) in [5.41, 5.74) is 1.14. The molecular weight excluding hydrogens is 341 g/mol. The molecule has 0 fully saturated rings. The SMILES string of the molecule is O=C(NCCc1nc(-c2ccc(F)cc2)no1)c1ccc2c(c1)OCO2. The maximum Gasteiger partial charge on any atom is 0.251 e. The molecule has 7 nitrogen and oxygen atoms in total. The van der Waals surface area contributed by atoms with Crippen molar-refractivity contribution >= 4 is 5.91 Å². The summed E-state index contributed by atoms with van der Waals surface area (Å²) in [6, 6.07) is 10.8. The third kappa shape index (κ3) is 3.34. The Morgan fingerprint density at radius 2 is 1.92 bits per heavy atom. The highest BCUT2D eigenvalue weighted by atomic mass is 19.1. The van der Waals surface area contributed by atoms with Gasteiger partial charge in [-0.15, -0.1) is 0 Å². The number of ether oxygens (including phenoxy) is 2. The van der Waals surface area contributed by atoms with Gasteiger partial charge >= 0.3 is 0 Å². The minimum Gasteiger partial charge on any atom is -0.454 e. The van der Waals surface area contributed by atoms with Gasteiger partial charge in [-0.05, 0) is 42.5 Å². The van der Waals surface area contributed by atoms with E-state index in [4.69, 9.17) is 14.0 Å². The van der Waals surface area contributed by atoms with Gasteiger partial charge in [0.2, 0.25) is 18.5 Å². The van der Waals surface area contributed by atoms with Gasteiger partial charge in [0.05, 0.1) is 0 Å². The zero-order valence-corrected chi connectivity index (χ0v) is 13.6. The molecule has 2 aromatic carbocycles. The Labute approximate surface area is 147 Å². The Hall–Kier alpha value is -3.42. The second kappa shape index (κ2) is 6.83. The maximum atomic E-state index is 12.9. The van der Waals surface area contributed by atoms with E-state index in [0.29, 0.717) is 47.3 Å². The van der Waals surface area contributed by atoms with Gasteiger partial charge in [0.15, 0.2) is 11.5 Å². The summed E-state index contributed by atoms with van der Waals surface area (Å²) in [4.78, 5) is 16.4. The fraction of sp³-hybridized carbons (Fsp3) is 0.167. The van der Waals surface area contributed by atoms with Crippen LogP contribution in [0.25, 0.3) is 11.4 Å². The van der Waals surface area contributed by atoms with Crippen molar-refractivity contribution in [3.8, 4) is 22.9 Å². The number of amides is 1. The number of nitrogens with one attached hydrogen (secondary N) is 1. The molecule has 1 aliphatic rings. The van der Waals surface area contributed by atoms with Crippen molar-refractivity contribution in [1.82, 2.24) is 15.5 Å². The highest BCUT2D eigenvalue weighted by molar-refractivity contribution is 5.94. The van der Waals surface area contributed by atoms with E-state index >= 15 is 0 Å². The standard InChI is InChI=1S/C18H14FN3O4/c19-13-4-1-11(2-5-13)17-21-16(26-22-17)7-8-20-18(23)12-3-6-14-15(9-12)25-10-24-14/h1-6,9H,7-8,10H2,(H,20,23). The number of hydrogen-bond donors (Lipinski definition) is 1. The minimum absolute atomic E-state index is 0.161. The molecule has 1 N–H and O–H groups in total. The first-order chi connectivity index (χ1) is 12.7. The van der Waals surface area contributed by atoms with Gasteiger partial charge < -0.3 is 19.3 Å². The minimum atomic E-state index is -0.330. The molecule has 0 unspecified atom stereocenters. The number of benzene rings is 2. The van der Waals surface area contributed by atoms with Crippen molar-refractivity contribution in [2.24, 2.45) is 0 Å². The van der Waals surface area contributed by atoms with Crippen LogP contribution in [0.15, 0.2) is 47.0 Å². The van der Waals surface area contributed by atoms with Crippen LogP contribution >= 0.6 is 0 Å². The van der Waals surface area contributed by atoms with Crippen LogP contribution in [0, 0.1) is 5.82 Å². The summed E-state index contributed by atoms with van der Waals surface area (Å²) in [6.45, 7) is 0.492. The Balaban J connectivity index is 1.33. The number of halogens is 1. The molecule has 0 atom stereocenters. The Morgan fingerprint density at radius 3 is 2.77 bits per heavy atom. The number of fused-ring (bicyclic) bond motifs is 1. The van der Waals surface area contributed by atoms with Crippen LogP contribution < -0.4 is 14.8 Å². The van der Waals surface area contributed by atoms with Gasteiger partial charge in [0.25, 0.3) is 5.91 Å². The predicted octanol–water partition coefficient (Wildman–Crippen LogP) is 2.58. The number of aromatic nitrogens is 2. The smallest absolute Gasteiger partial charge is 0.251 e. The zero-order valence-electron chi connectivity index (χ0n) is 13.6. The zero-order chi connectivity index (χ0) is 17.9. The highest BCUT2D eigenvalue weighted by Gasteiger charge is 2.16. The molecule has 0 saturated heterocycles. The first-order valence-electron chi connectivity index (χ1n) is 7.95. The van der Waals surface area contributed by atoms with E-state index in [1.807, 2.05) is 0 Å². The lowest BCUT2D eigenvalue weighted by Gasteiger charge is -2.04. The van der Waals surface area contributed by atoms with Crippen molar-refractivity contribution in [2.45, 2.75) is 6.42 Å². The van der Waals surface area contributed by atoms with Gasteiger partial charge in [0.1, 0.15) is 5.82 Å². The number of nitrogens with zero attached hydrogens (tertiary/aromatic N) is 2. The van der Waals surface area contributed by atoms with Crippen molar-refractivity contribution in [1.29, 1.82) is 0 Å². The molecule has 2 heterocycles. The van der Waals surface area contributed by atoms with Crippen LogP contribution in [0.1, 0.15) is 16.2 Å². The number of rotatable bonds is 5. The summed E-state index contributed by atoms with van der Waals surface area (Å²) in [7, 11) is 0. The summed E-state index contributed by atoms with van der Waals surface area (Å²) in [5, 5.41) is 6.64. The van der Waals surface area contributed by atoms with Gasteiger partial charge in [-0.25, -0.2) is 4.39 Å². The summed E-state index contributed by atoms with van der Waals surface area (Å²) < 4.78 is 28.6. The van der Waals surface area contributed by atoms with Crippen LogP contribution in [0.2, 0.25) is 0 Å². The second-order valence-corrected chi connectivity index (χ2v) is 5.59. The van der Waals surface area contributed by atoms with Crippen LogP contribution in [-0.2, 0) is 6.42 Å². The summed E-state index contributed by atoms with van der Waals surface area (Å²) >= 11 is 0. The Bertz CT molecular complexity index is 940. The number of hydrogen-bond acceptors (Lipinski definition) is 6. The molecule has 0 spiro atoms. The predicted molar refractivity (Wildman–Crippen MR) is 88.3 cm³/mol. The molecule has 8 heteroatoms. The van der Waals surface area contributed by atoms with E-state index < -0.39 is 0 Å². The van der Waals surface area contributed by atoms with E-state index in [2.05, 4.69) is 15.5 Å². The van der Waals surface area contributed by atoms with E-state index in [-0.39, 0.29) is 18.5 Å². The third-order valence-electron chi connectivity index (χ3n) is 3.83. The van der Waals surface area contributed by atoms with E-state index in [1.165, 1.54) is 12.1 Å². The molecule has 1 amide bonds. The lowest BCUT2D eigenvalue weighted by atomic mass is 10.2. The molecule has 0 aliphatic carbocycles. The average molecular weight is 355 g/mol. The van der Waals surface area contributed by atoms with E-state index in [9.17, 15) is 9.18 Å². The second-order valence-electron chi connectivity index (χ2n) is 5.59. The van der Waals surface area contributed by atoms with Crippen molar-refractivity contribution in [3.63, 3.8) is 0 Å². The largest absolute Gasteiger partial charge is 0.454 e. The monoisotopic (exact) mass is 355 g/mol. The number of carbonyl (C=O) groups excluding carboxylic acids is 1. The molecule has 132 valence electrons. The normalized spacial score (nSPS) is 12.2. The lowest BCUT2D eigenvalue weighted by molar-refractivity contribution is 0.0953. The first-order valence-corrected chi connectivity index (χ1v) is 7.95. The van der Waals surface area contributed by atoms with Gasteiger partial charge in [-0.3, -0.25) is 4.79 Å². The molecule has 1 aromatic heterocycles. The lowest BCUT2D eigenvalue weighted by Crippen LogP contribution is -2.25. The molecule has 0 bridgehead atoms. The van der Waals surface area contributed by atoms with Crippen molar-refractivity contribution in [3.05, 3.63) is 59.7 Å². The van der Waals surface area contributed by atoms with Gasteiger partial charge in [0, 0.05) is 24.1 Å². The van der Waals surface area contributed by atoms with E-state index in [1.54, 1.807) is 30.3 Å². The van der Waals surface area contributed by atoms with Crippen LogP contribution in [-0.4, -0.2) is 29.4 Å². The quantitative estimate of drug-likeness (QED) is 0.757. The Kier molecular flexibility index (Phi) is 4.22. The molecule has 26 heavy (non-hydrogen) atoms. The number of carbonyl (C=O) groups is 1. The fourth-order valence-electron chi connectivity index (χ4n) is 2.50. The summed E-state index contributed by atoms with van der Waals surface area (Å²) in [6.07, 6.45) is 0.379. The van der Waals surface area contributed by atoms with Gasteiger partial charge in [-0.2, -0.15) is 4.98 Å². The van der Waals surface area contributed by atoms with Crippen molar-refractivity contribution < 1.29 is 23.2 Å². The molecule has 1 aliphatic heterocycles. The molecule has 0 saturated carbocycles. The molecule has 3 aromatic rings. The van der Waals surface area contributed by atoms with Crippen molar-refractivity contribution in [2.75, 3.05) is 13.3 Å². The third-order valence-corrected chi connectivity index (χ3v) is 3.83. The van der Waals surface area contributed by atoms with Crippen LogP contribution in [0.4, 0.5) is 4.39 Å². The van der Waals surface area contributed by atoms with Gasteiger partial charge in [-0.1, -0.05) is 5.16 Å². The Morgan fingerprint density at radius 1 is 1.12 bits per heavy atom. The molecule has 0 radical (unpaired) electrons. The van der Waals surface area contributed by atoms with E-state index in [0.717, 1.165) is 0 Å².